The number of anilines is 2. The fourth-order valence-corrected chi connectivity index (χ4v) is 2.98. The molecule has 0 aliphatic rings. The van der Waals surface area contributed by atoms with E-state index in [0.717, 1.165) is 33.2 Å². The van der Waals surface area contributed by atoms with Crippen molar-refractivity contribution in [3.63, 3.8) is 0 Å². The van der Waals surface area contributed by atoms with Crippen LogP contribution in [-0.2, 0) is 4.79 Å². The highest BCUT2D eigenvalue weighted by Gasteiger charge is 2.07. The lowest BCUT2D eigenvalue weighted by Crippen LogP contribution is -2.16. The lowest BCUT2D eigenvalue weighted by Gasteiger charge is -2.10. The van der Waals surface area contributed by atoms with Crippen molar-refractivity contribution in [3.05, 3.63) is 73.1 Å². The summed E-state index contributed by atoms with van der Waals surface area (Å²) in [6.07, 6.45) is 3.85. The van der Waals surface area contributed by atoms with Gasteiger partial charge < -0.3 is 10.6 Å². The number of fused-ring (bicyclic) bond motifs is 2. The number of aromatic nitrogens is 2. The number of carbonyl (C=O) groups excluding carboxylic acids is 1. The van der Waals surface area contributed by atoms with Gasteiger partial charge >= 0.3 is 0 Å². The summed E-state index contributed by atoms with van der Waals surface area (Å²) in [5, 5.41) is 8.33. The first-order valence-electron chi connectivity index (χ1n) is 8.52. The number of benzene rings is 2. The van der Waals surface area contributed by atoms with E-state index in [1.807, 2.05) is 60.7 Å². The topological polar surface area (TPSA) is 66.9 Å². The number of rotatable bonds is 5. The van der Waals surface area contributed by atoms with Gasteiger partial charge in [-0.05, 0) is 24.3 Å². The lowest BCUT2D eigenvalue weighted by molar-refractivity contribution is -0.115. The molecule has 0 unspecified atom stereocenters. The van der Waals surface area contributed by atoms with Crippen molar-refractivity contribution in [2.24, 2.45) is 0 Å². The van der Waals surface area contributed by atoms with E-state index in [0.29, 0.717) is 13.0 Å². The van der Waals surface area contributed by atoms with Crippen LogP contribution in [-0.4, -0.2) is 22.4 Å². The monoisotopic (exact) mass is 342 g/mol. The molecule has 0 spiro atoms. The minimum Gasteiger partial charge on any atom is -0.383 e. The molecular weight excluding hydrogens is 324 g/mol. The van der Waals surface area contributed by atoms with Gasteiger partial charge in [-0.3, -0.25) is 14.8 Å². The maximum absolute atomic E-state index is 12.3. The van der Waals surface area contributed by atoms with Crippen molar-refractivity contribution in [1.29, 1.82) is 0 Å². The van der Waals surface area contributed by atoms with Crippen LogP contribution in [0, 0.1) is 0 Å². The minimum absolute atomic E-state index is 0.0520. The van der Waals surface area contributed by atoms with Crippen LogP contribution in [0.2, 0.25) is 0 Å². The molecule has 4 aromatic rings. The number of nitrogens with one attached hydrogen (secondary N) is 2. The molecule has 128 valence electrons. The second kappa shape index (κ2) is 7.19. The Morgan fingerprint density at radius 1 is 0.769 bits per heavy atom. The Balaban J connectivity index is 1.41. The van der Waals surface area contributed by atoms with Crippen molar-refractivity contribution in [2.45, 2.75) is 6.42 Å². The maximum Gasteiger partial charge on any atom is 0.226 e. The van der Waals surface area contributed by atoms with Crippen LogP contribution >= 0.6 is 0 Å². The zero-order chi connectivity index (χ0) is 17.8. The summed E-state index contributed by atoms with van der Waals surface area (Å²) in [6, 6.07) is 19.5. The predicted octanol–water partition coefficient (Wildman–Crippen LogP) is 4.22. The quantitative estimate of drug-likeness (QED) is 0.570. The van der Waals surface area contributed by atoms with Crippen LogP contribution in [0.4, 0.5) is 11.4 Å². The van der Waals surface area contributed by atoms with Crippen LogP contribution < -0.4 is 10.6 Å². The molecular formula is C21H18N4O. The highest BCUT2D eigenvalue weighted by molar-refractivity contribution is 6.00. The number of nitrogens with zero attached hydrogens (tertiary/aromatic N) is 2. The van der Waals surface area contributed by atoms with Gasteiger partial charge in [0, 0.05) is 36.1 Å². The van der Waals surface area contributed by atoms with Gasteiger partial charge in [-0.15, -0.1) is 0 Å². The molecule has 2 heterocycles. The van der Waals surface area contributed by atoms with Gasteiger partial charge in [0.1, 0.15) is 0 Å². The average molecular weight is 342 g/mol. The first-order valence-corrected chi connectivity index (χ1v) is 8.52. The van der Waals surface area contributed by atoms with Gasteiger partial charge in [0.05, 0.1) is 22.4 Å². The molecule has 5 nitrogen and oxygen atoms in total. The Kier molecular flexibility index (Phi) is 4.43. The van der Waals surface area contributed by atoms with Crippen molar-refractivity contribution >= 4 is 39.1 Å². The van der Waals surface area contributed by atoms with Crippen LogP contribution in [0.15, 0.2) is 73.1 Å². The largest absolute Gasteiger partial charge is 0.383 e. The van der Waals surface area contributed by atoms with E-state index in [-0.39, 0.29) is 5.91 Å². The summed E-state index contributed by atoms with van der Waals surface area (Å²) < 4.78 is 0. The molecule has 0 aliphatic carbocycles. The fourth-order valence-electron chi connectivity index (χ4n) is 2.98. The van der Waals surface area contributed by atoms with Crippen molar-refractivity contribution in [2.75, 3.05) is 17.2 Å². The Labute approximate surface area is 151 Å². The Bertz CT molecular complexity index is 1070. The summed E-state index contributed by atoms with van der Waals surface area (Å²) in [5.74, 6) is -0.0520. The molecule has 5 heteroatoms. The van der Waals surface area contributed by atoms with Gasteiger partial charge in [0.2, 0.25) is 5.91 Å². The van der Waals surface area contributed by atoms with Crippen LogP contribution in [0.3, 0.4) is 0 Å². The number of amides is 1. The van der Waals surface area contributed by atoms with Gasteiger partial charge in [0.25, 0.3) is 0 Å². The highest BCUT2D eigenvalue weighted by Crippen LogP contribution is 2.22. The van der Waals surface area contributed by atoms with E-state index in [2.05, 4.69) is 20.6 Å². The first-order chi connectivity index (χ1) is 12.8. The minimum atomic E-state index is -0.0520. The van der Waals surface area contributed by atoms with Crippen LogP contribution in [0.25, 0.3) is 21.8 Å². The fraction of sp³-hybridized carbons (Fsp3) is 0.0952. The van der Waals surface area contributed by atoms with E-state index in [9.17, 15) is 4.79 Å². The SMILES string of the molecule is O=C(CCNc1cccc2cccnc12)Nc1cccc2cccnc12. The second-order valence-electron chi connectivity index (χ2n) is 5.99. The second-order valence-corrected chi connectivity index (χ2v) is 5.99. The van der Waals surface area contributed by atoms with E-state index in [4.69, 9.17) is 0 Å². The summed E-state index contributed by atoms with van der Waals surface area (Å²) >= 11 is 0. The summed E-state index contributed by atoms with van der Waals surface area (Å²) in [7, 11) is 0. The molecule has 2 aromatic carbocycles. The average Bonchev–Trinajstić information content (AvgIpc) is 2.68. The van der Waals surface area contributed by atoms with E-state index in [1.165, 1.54) is 0 Å². The molecule has 1 amide bonds. The number of para-hydroxylation sites is 2. The number of hydrogen-bond acceptors (Lipinski definition) is 4. The predicted molar refractivity (Wildman–Crippen MR) is 105 cm³/mol. The Hall–Kier alpha value is -3.47. The zero-order valence-corrected chi connectivity index (χ0v) is 14.1. The smallest absolute Gasteiger partial charge is 0.226 e. The summed E-state index contributed by atoms with van der Waals surface area (Å²) in [4.78, 5) is 21.1. The normalized spacial score (nSPS) is 10.8. The van der Waals surface area contributed by atoms with Crippen LogP contribution in [0.5, 0.6) is 0 Å². The third kappa shape index (κ3) is 3.32. The molecule has 26 heavy (non-hydrogen) atoms. The molecule has 0 radical (unpaired) electrons. The maximum atomic E-state index is 12.3. The molecule has 0 fully saturated rings. The van der Waals surface area contributed by atoms with Gasteiger partial charge in [0.15, 0.2) is 0 Å². The third-order valence-corrected chi connectivity index (χ3v) is 4.21. The van der Waals surface area contributed by atoms with E-state index in [1.54, 1.807) is 12.4 Å². The van der Waals surface area contributed by atoms with Crippen LogP contribution in [0.1, 0.15) is 6.42 Å². The van der Waals surface area contributed by atoms with Gasteiger partial charge in [-0.2, -0.15) is 0 Å². The van der Waals surface area contributed by atoms with E-state index >= 15 is 0 Å². The van der Waals surface area contributed by atoms with E-state index < -0.39 is 0 Å². The number of pyridine rings is 2. The number of hydrogen-bond donors (Lipinski definition) is 2. The van der Waals surface area contributed by atoms with Crippen molar-refractivity contribution < 1.29 is 4.79 Å². The molecule has 0 saturated carbocycles. The number of carbonyl (C=O) groups is 1. The standard InChI is InChI=1S/C21H18N4O/c26-19(25-18-10-2-6-16-8-4-13-24-21(16)18)11-14-22-17-9-1-5-15-7-3-12-23-20(15)17/h1-10,12-13,22H,11,14H2,(H,25,26). The van der Waals surface area contributed by atoms with Gasteiger partial charge in [-0.1, -0.05) is 36.4 Å². The molecule has 0 atom stereocenters. The zero-order valence-electron chi connectivity index (χ0n) is 14.1. The highest BCUT2D eigenvalue weighted by atomic mass is 16.1. The Morgan fingerprint density at radius 3 is 2.04 bits per heavy atom. The lowest BCUT2D eigenvalue weighted by atomic mass is 10.2. The van der Waals surface area contributed by atoms with Crippen molar-refractivity contribution in [3.8, 4) is 0 Å². The summed E-state index contributed by atoms with van der Waals surface area (Å²) in [5.41, 5.74) is 3.38. The molecule has 2 aromatic heterocycles. The van der Waals surface area contributed by atoms with Gasteiger partial charge in [-0.25, -0.2) is 0 Å². The molecule has 0 saturated heterocycles. The molecule has 0 bridgehead atoms. The van der Waals surface area contributed by atoms with Crippen molar-refractivity contribution in [1.82, 2.24) is 9.97 Å². The molecule has 2 N–H and O–H groups in total. The Morgan fingerprint density at radius 2 is 1.35 bits per heavy atom. The first kappa shape index (κ1) is 16.0. The third-order valence-electron chi connectivity index (χ3n) is 4.21. The molecule has 0 aliphatic heterocycles. The molecule has 4 rings (SSSR count). The summed E-state index contributed by atoms with van der Waals surface area (Å²) in [6.45, 7) is 0.527.